The number of rotatable bonds is 6. The van der Waals surface area contributed by atoms with Gasteiger partial charge in [-0.2, -0.15) is 0 Å². The van der Waals surface area contributed by atoms with Crippen molar-refractivity contribution < 1.29 is 4.42 Å². The maximum absolute atomic E-state index is 5.78. The van der Waals surface area contributed by atoms with Crippen LogP contribution in [0.15, 0.2) is 59.9 Å². The van der Waals surface area contributed by atoms with Crippen LogP contribution in [0.25, 0.3) is 22.7 Å². The van der Waals surface area contributed by atoms with E-state index in [1.807, 2.05) is 19.1 Å². The van der Waals surface area contributed by atoms with E-state index in [2.05, 4.69) is 35.2 Å². The molecule has 0 aromatic carbocycles. The van der Waals surface area contributed by atoms with Crippen molar-refractivity contribution in [3.05, 3.63) is 67.0 Å². The smallest absolute Gasteiger partial charge is 0.223 e. The van der Waals surface area contributed by atoms with Crippen molar-refractivity contribution in [1.29, 1.82) is 0 Å². The van der Waals surface area contributed by atoms with Gasteiger partial charge in [-0.15, -0.1) is 0 Å². The molecule has 0 fully saturated rings. The number of nitrogens with zero attached hydrogens (tertiary/aromatic N) is 6. The highest BCUT2D eigenvalue weighted by Crippen LogP contribution is 2.30. The van der Waals surface area contributed by atoms with Gasteiger partial charge < -0.3 is 9.73 Å². The predicted molar refractivity (Wildman–Crippen MR) is 99.7 cm³/mol. The number of aromatic nitrogens is 6. The zero-order valence-electron chi connectivity index (χ0n) is 14.7. The summed E-state index contributed by atoms with van der Waals surface area (Å²) in [7, 11) is 0. The van der Waals surface area contributed by atoms with E-state index in [1.54, 1.807) is 43.4 Å². The molecule has 0 radical (unpaired) electrons. The lowest BCUT2D eigenvalue weighted by molar-refractivity contribution is 0.546. The van der Waals surface area contributed by atoms with Crippen molar-refractivity contribution in [2.75, 3.05) is 11.9 Å². The number of hydrogen-bond acceptors (Lipinski definition) is 8. The van der Waals surface area contributed by atoms with Gasteiger partial charge in [-0.25, -0.2) is 9.97 Å². The van der Waals surface area contributed by atoms with E-state index in [1.165, 1.54) is 0 Å². The van der Waals surface area contributed by atoms with Crippen LogP contribution < -0.4 is 5.32 Å². The Kier molecular flexibility index (Phi) is 4.78. The second-order valence-corrected chi connectivity index (χ2v) is 5.83. The summed E-state index contributed by atoms with van der Waals surface area (Å²) < 4.78 is 5.78. The van der Waals surface area contributed by atoms with E-state index < -0.39 is 0 Å². The fourth-order valence-corrected chi connectivity index (χ4v) is 2.60. The minimum atomic E-state index is 0.510. The molecule has 134 valence electrons. The van der Waals surface area contributed by atoms with Crippen LogP contribution in [0.1, 0.15) is 11.5 Å². The average Bonchev–Trinajstić information content (AvgIpc) is 3.16. The van der Waals surface area contributed by atoms with Gasteiger partial charge in [-0.3, -0.25) is 19.9 Å². The van der Waals surface area contributed by atoms with Crippen molar-refractivity contribution in [1.82, 2.24) is 29.9 Å². The van der Waals surface area contributed by atoms with Gasteiger partial charge in [0, 0.05) is 55.7 Å². The first kappa shape index (κ1) is 16.8. The number of nitrogens with one attached hydrogen (secondary N) is 1. The molecular formula is C19H17N7O. The number of hydrogen-bond donors (Lipinski definition) is 1. The summed E-state index contributed by atoms with van der Waals surface area (Å²) in [6, 6.07) is 3.79. The highest BCUT2D eigenvalue weighted by atomic mass is 16.3. The molecule has 0 saturated heterocycles. The lowest BCUT2D eigenvalue weighted by Gasteiger charge is -2.09. The lowest BCUT2D eigenvalue weighted by Crippen LogP contribution is -2.09. The predicted octanol–water partition coefficient (Wildman–Crippen LogP) is 2.95. The first-order chi connectivity index (χ1) is 13.3. The topological polar surface area (TPSA) is 103 Å². The zero-order chi connectivity index (χ0) is 18.5. The summed E-state index contributed by atoms with van der Waals surface area (Å²) >= 11 is 0. The monoisotopic (exact) mass is 359 g/mol. The van der Waals surface area contributed by atoms with Gasteiger partial charge in [0.05, 0.1) is 17.6 Å². The first-order valence-corrected chi connectivity index (χ1v) is 8.48. The molecule has 0 spiro atoms. The van der Waals surface area contributed by atoms with Gasteiger partial charge in [0.1, 0.15) is 11.5 Å². The van der Waals surface area contributed by atoms with Gasteiger partial charge in [0.2, 0.25) is 5.95 Å². The molecule has 8 heteroatoms. The van der Waals surface area contributed by atoms with E-state index in [9.17, 15) is 0 Å². The molecule has 0 atom stereocenters. The van der Waals surface area contributed by atoms with Crippen LogP contribution in [0.2, 0.25) is 0 Å². The van der Waals surface area contributed by atoms with Crippen molar-refractivity contribution in [2.24, 2.45) is 0 Å². The summed E-state index contributed by atoms with van der Waals surface area (Å²) in [6.45, 7) is 2.53. The van der Waals surface area contributed by atoms with Crippen molar-refractivity contribution in [3.63, 3.8) is 0 Å². The zero-order valence-corrected chi connectivity index (χ0v) is 14.7. The van der Waals surface area contributed by atoms with Gasteiger partial charge >= 0.3 is 0 Å². The van der Waals surface area contributed by atoms with Crippen molar-refractivity contribution in [3.8, 4) is 22.7 Å². The number of aryl methyl sites for hydroxylation is 1. The Morgan fingerprint density at radius 1 is 0.926 bits per heavy atom. The first-order valence-electron chi connectivity index (χ1n) is 8.48. The van der Waals surface area contributed by atoms with Crippen molar-refractivity contribution >= 4 is 5.95 Å². The third kappa shape index (κ3) is 3.95. The third-order valence-corrected chi connectivity index (χ3v) is 3.88. The molecule has 0 aliphatic carbocycles. The summed E-state index contributed by atoms with van der Waals surface area (Å²) in [6.07, 6.45) is 12.5. The van der Waals surface area contributed by atoms with Crippen LogP contribution in [-0.2, 0) is 6.42 Å². The molecule has 0 amide bonds. The molecule has 0 bridgehead atoms. The molecule has 4 aromatic rings. The fraction of sp³-hybridized carbons (Fsp3) is 0.158. The second kappa shape index (κ2) is 7.69. The number of furan rings is 1. The van der Waals surface area contributed by atoms with Gasteiger partial charge in [-0.1, -0.05) is 0 Å². The summed E-state index contributed by atoms with van der Waals surface area (Å²) in [5, 5.41) is 3.22. The van der Waals surface area contributed by atoms with Gasteiger partial charge in [0.25, 0.3) is 0 Å². The number of anilines is 1. The van der Waals surface area contributed by atoms with E-state index >= 15 is 0 Å². The minimum Gasteiger partial charge on any atom is -0.460 e. The summed E-state index contributed by atoms with van der Waals surface area (Å²) in [5.74, 6) is 1.98. The SMILES string of the molecule is Cc1ccc(-c2nc(NCCc3cnccn3)ncc2-c2cnccn2)o1. The fourth-order valence-electron chi connectivity index (χ4n) is 2.60. The Labute approximate surface area is 155 Å². The molecule has 0 aliphatic rings. The van der Waals surface area contributed by atoms with Gasteiger partial charge in [-0.05, 0) is 19.1 Å². The highest BCUT2D eigenvalue weighted by Gasteiger charge is 2.15. The van der Waals surface area contributed by atoms with Crippen LogP contribution in [-0.4, -0.2) is 36.4 Å². The van der Waals surface area contributed by atoms with Crippen LogP contribution in [0, 0.1) is 6.92 Å². The Bertz CT molecular complexity index is 1020. The molecule has 0 saturated carbocycles. The molecule has 4 aromatic heterocycles. The molecular weight excluding hydrogens is 342 g/mol. The molecule has 4 rings (SSSR count). The standard InChI is InChI=1S/C19H17N7O/c1-13-2-3-17(27-13)18-15(16-12-21-7-9-23-16)11-25-19(26-18)24-5-4-14-10-20-6-8-22-14/h2-3,6-12H,4-5H2,1H3,(H,24,25,26). The maximum Gasteiger partial charge on any atom is 0.223 e. The van der Waals surface area contributed by atoms with Crippen LogP contribution in [0.5, 0.6) is 0 Å². The average molecular weight is 359 g/mol. The van der Waals surface area contributed by atoms with Crippen LogP contribution in [0.4, 0.5) is 5.95 Å². The van der Waals surface area contributed by atoms with E-state index in [0.29, 0.717) is 29.6 Å². The Hall–Kier alpha value is -3.68. The second-order valence-electron chi connectivity index (χ2n) is 5.83. The Morgan fingerprint density at radius 2 is 1.78 bits per heavy atom. The summed E-state index contributed by atoms with van der Waals surface area (Å²) in [4.78, 5) is 25.9. The Morgan fingerprint density at radius 3 is 2.48 bits per heavy atom. The highest BCUT2D eigenvalue weighted by molar-refractivity contribution is 5.76. The third-order valence-electron chi connectivity index (χ3n) is 3.88. The molecule has 27 heavy (non-hydrogen) atoms. The molecule has 0 unspecified atom stereocenters. The lowest BCUT2D eigenvalue weighted by atomic mass is 10.1. The van der Waals surface area contributed by atoms with E-state index in [-0.39, 0.29) is 0 Å². The quantitative estimate of drug-likeness (QED) is 0.560. The Balaban J connectivity index is 1.60. The van der Waals surface area contributed by atoms with E-state index in [0.717, 1.165) is 23.4 Å². The van der Waals surface area contributed by atoms with Gasteiger partial charge in [0.15, 0.2) is 5.76 Å². The van der Waals surface area contributed by atoms with Crippen molar-refractivity contribution in [2.45, 2.75) is 13.3 Å². The van der Waals surface area contributed by atoms with Crippen LogP contribution >= 0.6 is 0 Å². The normalized spacial score (nSPS) is 10.7. The maximum atomic E-state index is 5.78. The molecule has 8 nitrogen and oxygen atoms in total. The minimum absolute atomic E-state index is 0.510. The molecule has 0 aliphatic heterocycles. The van der Waals surface area contributed by atoms with E-state index in [4.69, 9.17) is 4.42 Å². The van der Waals surface area contributed by atoms with Crippen LogP contribution in [0.3, 0.4) is 0 Å². The summed E-state index contributed by atoms with van der Waals surface area (Å²) in [5.41, 5.74) is 3.02. The largest absolute Gasteiger partial charge is 0.460 e. The molecule has 1 N–H and O–H groups in total. The molecule has 4 heterocycles.